The summed E-state index contributed by atoms with van der Waals surface area (Å²) in [5, 5.41) is 10.1. The SMILES string of the molecule is COc1cc(C)c(O)c(C=NC2CCCC(C)C2C)c1. The van der Waals surface area contributed by atoms with Gasteiger partial charge in [-0.15, -0.1) is 0 Å². The number of benzene rings is 1. The number of rotatable bonds is 3. The lowest BCUT2D eigenvalue weighted by atomic mass is 9.78. The molecular weight excluding hydrogens is 250 g/mol. The summed E-state index contributed by atoms with van der Waals surface area (Å²) in [7, 11) is 1.64. The minimum absolute atomic E-state index is 0.297. The molecule has 0 saturated heterocycles. The largest absolute Gasteiger partial charge is 0.507 e. The maximum atomic E-state index is 10.1. The van der Waals surface area contributed by atoms with Crippen molar-refractivity contribution in [3.8, 4) is 11.5 Å². The Labute approximate surface area is 121 Å². The maximum absolute atomic E-state index is 10.1. The number of hydrogen-bond donors (Lipinski definition) is 1. The smallest absolute Gasteiger partial charge is 0.127 e. The minimum atomic E-state index is 0.297. The standard InChI is InChI=1S/C17H25NO2/c1-11-6-5-7-16(13(11)3)18-10-14-9-15(20-4)8-12(2)17(14)19/h8-11,13,16,19H,5-7H2,1-4H3. The molecule has 20 heavy (non-hydrogen) atoms. The number of methoxy groups -OCH3 is 1. The Balaban J connectivity index is 2.20. The summed E-state index contributed by atoms with van der Waals surface area (Å²) in [6.45, 7) is 6.46. The van der Waals surface area contributed by atoms with Gasteiger partial charge in [0.05, 0.1) is 13.2 Å². The van der Waals surface area contributed by atoms with Crippen molar-refractivity contribution in [1.82, 2.24) is 0 Å². The molecule has 3 unspecified atom stereocenters. The van der Waals surface area contributed by atoms with Gasteiger partial charge >= 0.3 is 0 Å². The van der Waals surface area contributed by atoms with Gasteiger partial charge in [0.15, 0.2) is 0 Å². The molecule has 0 amide bonds. The fraction of sp³-hybridized carbons (Fsp3) is 0.588. The van der Waals surface area contributed by atoms with Crippen molar-refractivity contribution in [1.29, 1.82) is 0 Å². The van der Waals surface area contributed by atoms with Crippen molar-refractivity contribution < 1.29 is 9.84 Å². The molecule has 1 aliphatic carbocycles. The second-order valence-electron chi connectivity index (χ2n) is 5.99. The fourth-order valence-corrected chi connectivity index (χ4v) is 2.93. The quantitative estimate of drug-likeness (QED) is 0.849. The van der Waals surface area contributed by atoms with Crippen molar-refractivity contribution in [3.05, 3.63) is 23.3 Å². The average molecular weight is 275 g/mol. The Hall–Kier alpha value is -1.51. The lowest BCUT2D eigenvalue weighted by Gasteiger charge is -2.31. The summed E-state index contributed by atoms with van der Waals surface area (Å²) in [4.78, 5) is 4.72. The van der Waals surface area contributed by atoms with E-state index in [1.165, 1.54) is 12.8 Å². The highest BCUT2D eigenvalue weighted by molar-refractivity contribution is 5.85. The summed E-state index contributed by atoms with van der Waals surface area (Å²) in [6.07, 6.45) is 5.50. The normalized spacial score (nSPS) is 26.9. The molecule has 1 N–H and O–H groups in total. The molecule has 2 rings (SSSR count). The van der Waals surface area contributed by atoms with E-state index in [2.05, 4.69) is 13.8 Å². The molecule has 1 aliphatic rings. The van der Waals surface area contributed by atoms with E-state index in [1.54, 1.807) is 7.11 Å². The van der Waals surface area contributed by atoms with Gasteiger partial charge in [0.2, 0.25) is 0 Å². The van der Waals surface area contributed by atoms with Crippen LogP contribution in [0.3, 0.4) is 0 Å². The van der Waals surface area contributed by atoms with E-state index >= 15 is 0 Å². The average Bonchev–Trinajstić information content (AvgIpc) is 2.44. The van der Waals surface area contributed by atoms with Gasteiger partial charge in [-0.05, 0) is 42.9 Å². The van der Waals surface area contributed by atoms with Crippen LogP contribution in [0, 0.1) is 18.8 Å². The maximum Gasteiger partial charge on any atom is 0.127 e. The number of phenolic OH excluding ortho intramolecular Hbond substituents is 1. The van der Waals surface area contributed by atoms with Crippen molar-refractivity contribution in [2.45, 2.75) is 46.1 Å². The molecular formula is C17H25NO2. The predicted octanol–water partition coefficient (Wildman–Crippen LogP) is 3.95. The fourth-order valence-electron chi connectivity index (χ4n) is 2.93. The highest BCUT2D eigenvalue weighted by Crippen LogP contribution is 2.32. The molecule has 3 nitrogen and oxygen atoms in total. The summed E-state index contributed by atoms with van der Waals surface area (Å²) in [5.74, 6) is 2.39. The van der Waals surface area contributed by atoms with Crippen LogP contribution in [0.15, 0.2) is 17.1 Å². The zero-order valence-electron chi connectivity index (χ0n) is 12.9. The molecule has 1 aromatic carbocycles. The zero-order chi connectivity index (χ0) is 14.7. The third-order valence-corrected chi connectivity index (χ3v) is 4.61. The molecule has 110 valence electrons. The topological polar surface area (TPSA) is 41.8 Å². The van der Waals surface area contributed by atoms with Crippen molar-refractivity contribution >= 4 is 6.21 Å². The lowest BCUT2D eigenvalue weighted by molar-refractivity contribution is 0.242. The monoisotopic (exact) mass is 275 g/mol. The number of hydrogen-bond acceptors (Lipinski definition) is 3. The molecule has 0 spiro atoms. The summed E-state index contributed by atoms with van der Waals surface area (Å²) < 4.78 is 5.25. The van der Waals surface area contributed by atoms with Gasteiger partial charge < -0.3 is 9.84 Å². The van der Waals surface area contributed by atoms with Crippen LogP contribution in [0.25, 0.3) is 0 Å². The Bertz CT molecular complexity index is 496. The van der Waals surface area contributed by atoms with Crippen molar-refractivity contribution in [3.63, 3.8) is 0 Å². The zero-order valence-corrected chi connectivity index (χ0v) is 12.9. The van der Waals surface area contributed by atoms with Gasteiger partial charge in [0.25, 0.3) is 0 Å². The predicted molar refractivity (Wildman–Crippen MR) is 83.0 cm³/mol. The van der Waals surface area contributed by atoms with E-state index in [0.29, 0.717) is 17.7 Å². The van der Waals surface area contributed by atoms with E-state index in [0.717, 1.165) is 29.2 Å². The number of ether oxygens (including phenoxy) is 1. The van der Waals surface area contributed by atoms with E-state index < -0.39 is 0 Å². The van der Waals surface area contributed by atoms with Gasteiger partial charge in [0.1, 0.15) is 11.5 Å². The molecule has 0 radical (unpaired) electrons. The second-order valence-corrected chi connectivity index (χ2v) is 5.99. The summed E-state index contributed by atoms with van der Waals surface area (Å²) in [6, 6.07) is 4.03. The minimum Gasteiger partial charge on any atom is -0.507 e. The molecule has 1 fully saturated rings. The molecule has 0 aliphatic heterocycles. The number of aliphatic imine (C=N–C) groups is 1. The van der Waals surface area contributed by atoms with Gasteiger partial charge in [0, 0.05) is 11.8 Å². The molecule has 1 saturated carbocycles. The van der Waals surface area contributed by atoms with Crippen molar-refractivity contribution in [2.24, 2.45) is 16.8 Å². The lowest BCUT2D eigenvalue weighted by Crippen LogP contribution is -2.27. The number of nitrogens with zero attached hydrogens (tertiary/aromatic N) is 1. The van der Waals surface area contributed by atoms with Crippen LogP contribution in [-0.2, 0) is 0 Å². The number of aromatic hydroxyl groups is 1. The Morgan fingerprint density at radius 2 is 2.05 bits per heavy atom. The van der Waals surface area contributed by atoms with Gasteiger partial charge in [-0.25, -0.2) is 0 Å². The molecule has 0 bridgehead atoms. The number of phenols is 1. The molecule has 0 heterocycles. The molecule has 3 atom stereocenters. The van der Waals surface area contributed by atoms with E-state index in [9.17, 15) is 5.11 Å². The highest BCUT2D eigenvalue weighted by atomic mass is 16.5. The highest BCUT2D eigenvalue weighted by Gasteiger charge is 2.26. The first-order valence-corrected chi connectivity index (χ1v) is 7.43. The third-order valence-electron chi connectivity index (χ3n) is 4.61. The van der Waals surface area contributed by atoms with E-state index in [1.807, 2.05) is 25.3 Å². The first-order valence-electron chi connectivity index (χ1n) is 7.43. The molecule has 1 aromatic rings. The van der Waals surface area contributed by atoms with Crippen LogP contribution < -0.4 is 4.74 Å². The first kappa shape index (κ1) is 14.9. The van der Waals surface area contributed by atoms with Crippen molar-refractivity contribution in [2.75, 3.05) is 7.11 Å². The summed E-state index contributed by atoms with van der Waals surface area (Å²) >= 11 is 0. The third kappa shape index (κ3) is 3.14. The Morgan fingerprint density at radius 1 is 1.30 bits per heavy atom. The van der Waals surface area contributed by atoms with Gasteiger partial charge in [-0.3, -0.25) is 4.99 Å². The Kier molecular flexibility index (Phi) is 4.69. The van der Waals surface area contributed by atoms with Crippen LogP contribution in [-0.4, -0.2) is 24.5 Å². The molecule has 0 aromatic heterocycles. The Morgan fingerprint density at radius 3 is 2.75 bits per heavy atom. The van der Waals surface area contributed by atoms with Crippen LogP contribution in [0.4, 0.5) is 0 Å². The number of aryl methyl sites for hydroxylation is 1. The van der Waals surface area contributed by atoms with E-state index in [-0.39, 0.29) is 0 Å². The van der Waals surface area contributed by atoms with Gasteiger partial charge in [-0.2, -0.15) is 0 Å². The first-order chi connectivity index (χ1) is 9.52. The molecule has 3 heteroatoms. The van der Waals surface area contributed by atoms with Crippen LogP contribution in [0.2, 0.25) is 0 Å². The van der Waals surface area contributed by atoms with Gasteiger partial charge in [-0.1, -0.05) is 26.7 Å². The van der Waals surface area contributed by atoms with Crippen LogP contribution in [0.5, 0.6) is 11.5 Å². The van der Waals surface area contributed by atoms with E-state index in [4.69, 9.17) is 9.73 Å². The summed E-state index contributed by atoms with van der Waals surface area (Å²) in [5.41, 5.74) is 1.56. The van der Waals surface area contributed by atoms with Crippen LogP contribution in [0.1, 0.15) is 44.2 Å². The van der Waals surface area contributed by atoms with Crippen LogP contribution >= 0.6 is 0 Å². The second kappa shape index (κ2) is 6.29.